The Bertz CT molecular complexity index is 998. The second-order valence-electron chi connectivity index (χ2n) is 7.69. The van der Waals surface area contributed by atoms with E-state index >= 15 is 0 Å². The van der Waals surface area contributed by atoms with Crippen molar-refractivity contribution in [3.8, 4) is 0 Å². The van der Waals surface area contributed by atoms with Crippen LogP contribution in [0.25, 0.3) is 0 Å². The summed E-state index contributed by atoms with van der Waals surface area (Å²) in [6.07, 6.45) is 13.9. The number of hydrogen-bond donors (Lipinski definition) is 2. The van der Waals surface area contributed by atoms with E-state index in [0.29, 0.717) is 13.0 Å². The van der Waals surface area contributed by atoms with Crippen LogP contribution in [0.4, 0.5) is 10.4 Å². The van der Waals surface area contributed by atoms with Crippen molar-refractivity contribution in [2.75, 3.05) is 11.9 Å². The van der Waals surface area contributed by atoms with Gasteiger partial charge in [-0.1, -0.05) is 18.2 Å². The van der Waals surface area contributed by atoms with Crippen molar-refractivity contribution in [1.29, 1.82) is 0 Å². The van der Waals surface area contributed by atoms with Crippen molar-refractivity contribution in [2.45, 2.75) is 51.6 Å². The molecule has 0 saturated carbocycles. The van der Waals surface area contributed by atoms with Gasteiger partial charge in [-0.3, -0.25) is 4.79 Å². The molecule has 8 heteroatoms. The number of esters is 1. The number of rotatable bonds is 11. The Morgan fingerprint density at radius 3 is 2.79 bits per heavy atom. The van der Waals surface area contributed by atoms with Gasteiger partial charge in [0, 0.05) is 6.92 Å². The third kappa shape index (κ3) is 9.20. The van der Waals surface area contributed by atoms with Crippen molar-refractivity contribution in [2.24, 2.45) is 0 Å². The molecule has 1 atom stereocenters. The van der Waals surface area contributed by atoms with Crippen molar-refractivity contribution >= 4 is 36.8 Å². The number of unbranched alkanes of at least 4 members (excludes halogenated alkanes) is 2. The summed E-state index contributed by atoms with van der Waals surface area (Å²) in [5, 5.41) is 14.9. The number of amides is 1. The van der Waals surface area contributed by atoms with Gasteiger partial charge in [0.25, 0.3) is 0 Å². The molecule has 1 unspecified atom stereocenters. The number of hydrogen-bond acceptors (Lipinski definition) is 6. The molecule has 7 nitrogen and oxygen atoms in total. The van der Waals surface area contributed by atoms with Crippen LogP contribution in [-0.2, 0) is 20.7 Å². The first-order chi connectivity index (χ1) is 16.1. The molecule has 1 amide bonds. The predicted molar refractivity (Wildman–Crippen MR) is 130 cm³/mol. The maximum absolute atomic E-state index is 12.4. The van der Waals surface area contributed by atoms with Gasteiger partial charge in [0.15, 0.2) is 0 Å². The number of allylic oxidation sites excluding steroid dienone is 4. The number of nitrogens with zero attached hydrogens (tertiary/aromatic N) is 2. The number of aromatic nitrogens is 2. The average Bonchev–Trinajstić information content (AvgIpc) is 3.22. The molecule has 0 spiro atoms. The summed E-state index contributed by atoms with van der Waals surface area (Å²) in [4.78, 5) is 23.8. The summed E-state index contributed by atoms with van der Waals surface area (Å²) in [7, 11) is 0. The van der Waals surface area contributed by atoms with Crippen LogP contribution in [0, 0.1) is 0 Å². The van der Waals surface area contributed by atoms with Gasteiger partial charge in [-0.2, -0.15) is 0 Å². The molecule has 1 aromatic carbocycles. The summed E-state index contributed by atoms with van der Waals surface area (Å²) < 4.78 is 7.45. The Balaban J connectivity index is 1.33. The van der Waals surface area contributed by atoms with Crippen LogP contribution in [-0.4, -0.2) is 49.2 Å². The van der Waals surface area contributed by atoms with Crippen LogP contribution >= 0.6 is 0 Å². The molecule has 174 valence electrons. The molecule has 1 aliphatic rings. The SMILES string of the molecule is CC(=O)OC1C=C/C=C\C/C=C\1CC(=O)NCCCCCc1nnc(Nc2ccccc2)[se]1. The van der Waals surface area contributed by atoms with Crippen molar-refractivity contribution in [3.63, 3.8) is 0 Å². The van der Waals surface area contributed by atoms with Gasteiger partial charge in [-0.15, -0.1) is 0 Å². The van der Waals surface area contributed by atoms with Crippen LogP contribution in [0.5, 0.6) is 0 Å². The molecule has 33 heavy (non-hydrogen) atoms. The fourth-order valence-electron chi connectivity index (χ4n) is 3.35. The van der Waals surface area contributed by atoms with E-state index in [2.05, 4.69) is 20.8 Å². The van der Waals surface area contributed by atoms with Crippen molar-refractivity contribution in [3.05, 3.63) is 70.9 Å². The summed E-state index contributed by atoms with van der Waals surface area (Å²) in [5.41, 5.74) is 1.84. The number of carbonyl (C=O) groups is 2. The first-order valence-corrected chi connectivity index (χ1v) is 12.9. The molecule has 0 bridgehead atoms. The number of aryl methyl sites for hydroxylation is 1. The second-order valence-corrected chi connectivity index (χ2v) is 9.92. The number of benzene rings is 1. The third-order valence-corrected chi connectivity index (χ3v) is 6.84. The maximum atomic E-state index is 12.4. The monoisotopic (exact) mass is 514 g/mol. The van der Waals surface area contributed by atoms with Gasteiger partial charge in [-0.25, -0.2) is 0 Å². The number of ether oxygens (including phenoxy) is 1. The Morgan fingerprint density at radius 2 is 1.97 bits per heavy atom. The van der Waals surface area contributed by atoms with Crippen LogP contribution in [0.1, 0.15) is 43.6 Å². The number of para-hydroxylation sites is 1. The van der Waals surface area contributed by atoms with Crippen LogP contribution in [0.15, 0.2) is 66.3 Å². The van der Waals surface area contributed by atoms with E-state index in [-0.39, 0.29) is 32.8 Å². The quantitative estimate of drug-likeness (QED) is 0.205. The molecule has 0 fully saturated rings. The standard InChI is InChI=1S/C25H30N4O3Se/c1-19(30)32-22-15-9-3-2-6-12-20(22)18-23(31)26-17-11-5-10-16-24-28-29-25(33-24)27-21-13-7-4-8-14-21/h2-4,7-9,12-15,22H,5-6,10-11,16-18H2,1H3,(H,26,31)(H,27,29)/b3-2-,15-9?,20-12-. The molecule has 1 heterocycles. The first kappa shape index (κ1) is 24.7. The minimum atomic E-state index is -0.490. The molecule has 0 saturated heterocycles. The van der Waals surface area contributed by atoms with E-state index in [1.165, 1.54) is 6.92 Å². The normalized spacial score (nSPS) is 17.8. The molecule has 1 aromatic heterocycles. The van der Waals surface area contributed by atoms with Gasteiger partial charge in [0.05, 0.1) is 0 Å². The molecule has 2 aromatic rings. The van der Waals surface area contributed by atoms with E-state index in [1.807, 2.05) is 54.6 Å². The van der Waals surface area contributed by atoms with Gasteiger partial charge in [0.1, 0.15) is 0 Å². The fraction of sp³-hybridized carbons (Fsp3) is 0.360. The summed E-state index contributed by atoms with van der Waals surface area (Å²) in [6.45, 7) is 2.01. The molecular weight excluding hydrogens is 483 g/mol. The van der Waals surface area contributed by atoms with Gasteiger partial charge < -0.3 is 0 Å². The average molecular weight is 514 g/mol. The zero-order chi connectivity index (χ0) is 23.3. The predicted octanol–water partition coefficient (Wildman–Crippen LogP) is 3.87. The van der Waals surface area contributed by atoms with Crippen molar-refractivity contribution < 1.29 is 14.3 Å². The first-order valence-electron chi connectivity index (χ1n) is 11.2. The fourth-order valence-corrected chi connectivity index (χ4v) is 5.03. The van der Waals surface area contributed by atoms with Crippen LogP contribution < -0.4 is 10.6 Å². The summed E-state index contributed by atoms with van der Waals surface area (Å²) >= 11 is 0.150. The minimum absolute atomic E-state index is 0.0510. The zero-order valence-electron chi connectivity index (χ0n) is 18.8. The molecular formula is C25H30N4O3Se. The number of nitrogens with one attached hydrogen (secondary N) is 2. The van der Waals surface area contributed by atoms with Gasteiger partial charge in [-0.05, 0) is 0 Å². The Morgan fingerprint density at radius 1 is 1.12 bits per heavy atom. The molecule has 0 aliphatic heterocycles. The zero-order valence-corrected chi connectivity index (χ0v) is 20.5. The van der Waals surface area contributed by atoms with E-state index in [1.54, 1.807) is 6.08 Å². The topological polar surface area (TPSA) is 93.2 Å². The van der Waals surface area contributed by atoms with E-state index in [0.717, 1.165) is 46.2 Å². The molecule has 1 aliphatic carbocycles. The Labute approximate surface area is 200 Å². The van der Waals surface area contributed by atoms with Gasteiger partial charge >= 0.3 is 171 Å². The number of carbonyl (C=O) groups excluding carboxylic acids is 2. The third-order valence-electron chi connectivity index (χ3n) is 4.95. The molecule has 2 N–H and O–H groups in total. The van der Waals surface area contributed by atoms with E-state index in [9.17, 15) is 9.59 Å². The van der Waals surface area contributed by atoms with Crippen LogP contribution in [0.2, 0.25) is 0 Å². The molecule has 0 radical (unpaired) electrons. The summed E-state index contributed by atoms with van der Waals surface area (Å²) in [6, 6.07) is 10.0. The van der Waals surface area contributed by atoms with Gasteiger partial charge in [0.2, 0.25) is 0 Å². The van der Waals surface area contributed by atoms with Crippen molar-refractivity contribution in [1.82, 2.24) is 15.5 Å². The Kier molecular flexibility index (Phi) is 10.1. The second kappa shape index (κ2) is 13.6. The van der Waals surface area contributed by atoms with E-state index < -0.39 is 6.10 Å². The summed E-state index contributed by atoms with van der Waals surface area (Å²) in [5.74, 6) is -0.410. The van der Waals surface area contributed by atoms with E-state index in [4.69, 9.17) is 4.74 Å². The Hall–Kier alpha value is -2.96. The van der Waals surface area contributed by atoms with Crippen LogP contribution in [0.3, 0.4) is 0 Å². The molecule has 3 rings (SSSR count). The number of anilines is 2.